The molecule has 0 saturated carbocycles. The zero-order valence-corrected chi connectivity index (χ0v) is 18.0. The molecule has 1 aliphatic heterocycles. The normalized spacial score (nSPS) is 18.8. The minimum atomic E-state index is -4.54. The van der Waals surface area contributed by atoms with Gasteiger partial charge in [0.05, 0.1) is 23.6 Å². The van der Waals surface area contributed by atoms with Crippen molar-refractivity contribution in [2.45, 2.75) is 44.9 Å². The van der Waals surface area contributed by atoms with Gasteiger partial charge in [0.1, 0.15) is 11.5 Å². The number of pyridine rings is 1. The van der Waals surface area contributed by atoms with E-state index < -0.39 is 11.9 Å². The minimum absolute atomic E-state index is 0.0772. The predicted molar refractivity (Wildman–Crippen MR) is 116 cm³/mol. The third kappa shape index (κ3) is 4.76. The summed E-state index contributed by atoms with van der Waals surface area (Å²) in [5.41, 5.74) is 1.24. The molecule has 4 heterocycles. The summed E-state index contributed by atoms with van der Waals surface area (Å²) in [6.07, 6.45) is 2.81. The number of aromatic nitrogens is 5. The lowest BCUT2D eigenvalue weighted by Gasteiger charge is -2.42. The number of hydrogen-bond acceptors (Lipinski definition) is 8. The van der Waals surface area contributed by atoms with Crippen molar-refractivity contribution in [2.24, 2.45) is 0 Å². The highest BCUT2D eigenvalue weighted by molar-refractivity contribution is 5.90. The molecule has 3 aromatic rings. The van der Waals surface area contributed by atoms with Crippen molar-refractivity contribution < 1.29 is 18.0 Å². The molecule has 8 nitrogen and oxygen atoms in total. The molecule has 0 aliphatic carbocycles. The second-order valence-corrected chi connectivity index (χ2v) is 7.84. The molecule has 1 fully saturated rings. The quantitative estimate of drug-likeness (QED) is 0.576. The van der Waals surface area contributed by atoms with Gasteiger partial charge in [-0.15, -0.1) is 0 Å². The maximum atomic E-state index is 12.8. The number of aldehydes is 1. The molecule has 1 saturated heterocycles. The van der Waals surface area contributed by atoms with Crippen LogP contribution in [0.5, 0.6) is 0 Å². The van der Waals surface area contributed by atoms with Gasteiger partial charge in [0.25, 0.3) is 0 Å². The Labute approximate surface area is 188 Å². The highest BCUT2D eigenvalue weighted by Crippen LogP contribution is 2.36. The number of aryl methyl sites for hydroxylation is 1. The third-order valence-electron chi connectivity index (χ3n) is 5.63. The van der Waals surface area contributed by atoms with Gasteiger partial charge in [0.2, 0.25) is 0 Å². The Balaban J connectivity index is 1.65. The predicted octanol–water partition coefficient (Wildman–Crippen LogP) is 3.94. The zero-order valence-electron chi connectivity index (χ0n) is 18.0. The van der Waals surface area contributed by atoms with E-state index in [0.717, 1.165) is 37.5 Å². The lowest BCUT2D eigenvalue weighted by atomic mass is 9.95. The molecule has 172 valence electrons. The molecular weight excluding hydrogens is 435 g/mol. The van der Waals surface area contributed by atoms with Crippen molar-refractivity contribution >= 4 is 17.8 Å². The fourth-order valence-electron chi connectivity index (χ4n) is 4.06. The van der Waals surface area contributed by atoms with Crippen molar-refractivity contribution in [2.75, 3.05) is 16.8 Å². The van der Waals surface area contributed by atoms with Crippen molar-refractivity contribution in [1.29, 1.82) is 0 Å². The first kappa shape index (κ1) is 22.6. The Morgan fingerprint density at radius 2 is 1.91 bits per heavy atom. The van der Waals surface area contributed by atoms with Gasteiger partial charge >= 0.3 is 6.18 Å². The van der Waals surface area contributed by atoms with E-state index >= 15 is 0 Å². The van der Waals surface area contributed by atoms with Crippen LogP contribution in [-0.2, 0) is 6.18 Å². The van der Waals surface area contributed by atoms with E-state index in [4.69, 9.17) is 0 Å². The van der Waals surface area contributed by atoms with Gasteiger partial charge in [-0.05, 0) is 38.8 Å². The number of carbonyl (C=O) groups excluding carboxylic acids is 1. The molecule has 2 atom stereocenters. The minimum Gasteiger partial charge on any atom is -0.366 e. The maximum absolute atomic E-state index is 12.8. The average molecular weight is 457 g/mol. The Morgan fingerprint density at radius 3 is 2.55 bits per heavy atom. The largest absolute Gasteiger partial charge is 0.434 e. The summed E-state index contributed by atoms with van der Waals surface area (Å²) >= 11 is 0. The Kier molecular flexibility index (Phi) is 6.21. The van der Waals surface area contributed by atoms with E-state index in [1.165, 1.54) is 0 Å². The fraction of sp³-hybridized carbons (Fsp3) is 0.364. The Bertz CT molecular complexity index is 1120. The molecule has 3 aromatic heterocycles. The molecule has 33 heavy (non-hydrogen) atoms. The van der Waals surface area contributed by atoms with Crippen LogP contribution in [0.1, 0.15) is 41.6 Å². The highest BCUT2D eigenvalue weighted by Gasteiger charge is 2.34. The summed E-state index contributed by atoms with van der Waals surface area (Å²) in [4.78, 5) is 34.3. The number of anilines is 2. The van der Waals surface area contributed by atoms with Gasteiger partial charge in [0.15, 0.2) is 17.8 Å². The molecule has 0 aromatic carbocycles. The van der Waals surface area contributed by atoms with Crippen molar-refractivity contribution in [3.8, 4) is 11.4 Å². The fourth-order valence-corrected chi connectivity index (χ4v) is 4.06. The third-order valence-corrected chi connectivity index (χ3v) is 5.63. The standard InChI is InChI=1S/C22H22F3N7O/c1-13-9-17(20(16(12-33)30-13)21-26-6-4-7-27-21)32-8-3-5-15(14(32)2)31-19-11-28-18(10-29-19)22(23,24)25/h4,6-7,9-12,14-15H,3,5,8H2,1-2H3,(H,29,31)/t14-,15+/m0/s1. The smallest absolute Gasteiger partial charge is 0.366 e. The lowest BCUT2D eigenvalue weighted by molar-refractivity contribution is -0.141. The molecule has 1 N–H and O–H groups in total. The maximum Gasteiger partial charge on any atom is 0.434 e. The summed E-state index contributed by atoms with van der Waals surface area (Å²) in [6, 6.07) is 3.41. The second kappa shape index (κ2) is 9.08. The summed E-state index contributed by atoms with van der Waals surface area (Å²) in [5, 5.41) is 3.21. The van der Waals surface area contributed by atoms with Crippen LogP contribution < -0.4 is 10.2 Å². The topological polar surface area (TPSA) is 96.8 Å². The van der Waals surface area contributed by atoms with Crippen LogP contribution in [-0.4, -0.2) is 49.8 Å². The van der Waals surface area contributed by atoms with E-state index in [2.05, 4.69) is 35.1 Å². The first-order valence-corrected chi connectivity index (χ1v) is 10.4. The number of hydrogen-bond donors (Lipinski definition) is 1. The molecule has 11 heteroatoms. The average Bonchev–Trinajstić information content (AvgIpc) is 2.80. The van der Waals surface area contributed by atoms with Crippen molar-refractivity contribution in [3.63, 3.8) is 0 Å². The lowest BCUT2D eigenvalue weighted by Crippen LogP contribution is -2.50. The highest BCUT2D eigenvalue weighted by atomic mass is 19.4. The zero-order chi connectivity index (χ0) is 23.6. The van der Waals surface area contributed by atoms with Gasteiger partial charge < -0.3 is 10.2 Å². The number of nitrogens with zero attached hydrogens (tertiary/aromatic N) is 6. The first-order valence-electron chi connectivity index (χ1n) is 10.4. The molecule has 4 rings (SSSR count). The van der Waals surface area contributed by atoms with E-state index in [1.807, 2.05) is 19.9 Å². The van der Waals surface area contributed by atoms with E-state index in [0.29, 0.717) is 23.4 Å². The van der Waals surface area contributed by atoms with E-state index in [9.17, 15) is 18.0 Å². The van der Waals surface area contributed by atoms with Crippen LogP contribution in [0.4, 0.5) is 24.7 Å². The molecular formula is C22H22F3N7O. The number of rotatable bonds is 5. The molecule has 0 spiro atoms. The van der Waals surface area contributed by atoms with Crippen LogP contribution in [0.15, 0.2) is 36.9 Å². The first-order chi connectivity index (χ1) is 15.8. The number of carbonyl (C=O) groups is 1. The Morgan fingerprint density at radius 1 is 1.15 bits per heavy atom. The molecule has 0 unspecified atom stereocenters. The van der Waals surface area contributed by atoms with Gasteiger partial charge in [-0.25, -0.2) is 24.9 Å². The summed E-state index contributed by atoms with van der Waals surface area (Å²) in [5.74, 6) is 0.672. The van der Waals surface area contributed by atoms with Crippen molar-refractivity contribution in [3.05, 3.63) is 54.0 Å². The van der Waals surface area contributed by atoms with Crippen LogP contribution in [0, 0.1) is 6.92 Å². The van der Waals surface area contributed by atoms with Gasteiger partial charge in [-0.1, -0.05) is 0 Å². The summed E-state index contributed by atoms with van der Waals surface area (Å²) in [7, 11) is 0. The summed E-state index contributed by atoms with van der Waals surface area (Å²) in [6.45, 7) is 4.55. The van der Waals surface area contributed by atoms with Crippen LogP contribution in [0.3, 0.4) is 0 Å². The summed E-state index contributed by atoms with van der Waals surface area (Å²) < 4.78 is 38.3. The number of alkyl halides is 3. The number of halogens is 3. The molecule has 1 aliphatic rings. The van der Waals surface area contributed by atoms with Crippen LogP contribution >= 0.6 is 0 Å². The number of piperidine rings is 1. The molecule has 0 amide bonds. The molecule has 0 radical (unpaired) electrons. The van der Waals surface area contributed by atoms with Gasteiger partial charge in [-0.2, -0.15) is 13.2 Å². The molecule has 0 bridgehead atoms. The monoisotopic (exact) mass is 457 g/mol. The number of nitrogens with one attached hydrogen (secondary N) is 1. The van der Waals surface area contributed by atoms with Crippen LogP contribution in [0.25, 0.3) is 11.4 Å². The SMILES string of the molecule is Cc1cc(N2CCC[C@@H](Nc3cnc(C(F)(F)F)cn3)[C@@H]2C)c(-c2ncccn2)c(C=O)n1. The van der Waals surface area contributed by atoms with Crippen LogP contribution in [0.2, 0.25) is 0 Å². The van der Waals surface area contributed by atoms with Crippen molar-refractivity contribution in [1.82, 2.24) is 24.9 Å². The second-order valence-electron chi connectivity index (χ2n) is 7.84. The van der Waals surface area contributed by atoms with E-state index in [1.54, 1.807) is 18.5 Å². The van der Waals surface area contributed by atoms with Gasteiger partial charge in [0, 0.05) is 36.7 Å². The van der Waals surface area contributed by atoms with Gasteiger partial charge in [-0.3, -0.25) is 4.79 Å². The Hall–Kier alpha value is -3.63. The van der Waals surface area contributed by atoms with E-state index in [-0.39, 0.29) is 23.6 Å².